The van der Waals surface area contributed by atoms with E-state index in [0.29, 0.717) is 17.5 Å². The molecule has 0 bridgehead atoms. The van der Waals surface area contributed by atoms with Crippen molar-refractivity contribution in [2.45, 2.75) is 25.2 Å². The fourth-order valence-corrected chi connectivity index (χ4v) is 3.06. The smallest absolute Gasteiger partial charge is 0.124 e. The summed E-state index contributed by atoms with van der Waals surface area (Å²) in [4.78, 5) is 0. The van der Waals surface area contributed by atoms with Crippen LogP contribution in [0.15, 0.2) is 18.2 Å². The van der Waals surface area contributed by atoms with E-state index in [1.807, 2.05) is 0 Å². The van der Waals surface area contributed by atoms with Gasteiger partial charge in [-0.05, 0) is 36.5 Å². The molecule has 0 radical (unpaired) electrons. The lowest BCUT2D eigenvalue weighted by Gasteiger charge is -2.46. The second kappa shape index (κ2) is 3.76. The molecule has 1 nitrogen and oxygen atoms in total. The largest absolute Gasteiger partial charge is 0.330 e. The molecular weight excluding hydrogens is 213 g/mol. The summed E-state index contributed by atoms with van der Waals surface area (Å²) in [7, 11) is 0. The molecule has 1 aliphatic carbocycles. The summed E-state index contributed by atoms with van der Waals surface area (Å²) in [5, 5.41) is 0.507. The van der Waals surface area contributed by atoms with Crippen LogP contribution in [0.1, 0.15) is 25.3 Å². The van der Waals surface area contributed by atoms with Crippen molar-refractivity contribution in [3.63, 3.8) is 0 Å². The molecule has 0 spiro atoms. The number of hydrogen-bond acceptors (Lipinski definition) is 1. The Labute approximate surface area is 94.4 Å². The van der Waals surface area contributed by atoms with Crippen LogP contribution in [0.25, 0.3) is 0 Å². The van der Waals surface area contributed by atoms with E-state index in [1.54, 1.807) is 6.07 Å². The van der Waals surface area contributed by atoms with Gasteiger partial charge < -0.3 is 5.73 Å². The fourth-order valence-electron chi connectivity index (χ4n) is 2.69. The van der Waals surface area contributed by atoms with Crippen molar-refractivity contribution in [1.82, 2.24) is 0 Å². The summed E-state index contributed by atoms with van der Waals surface area (Å²) < 4.78 is 12.9. The Bertz CT molecular complexity index is 372. The van der Waals surface area contributed by atoms with Crippen LogP contribution in [0.2, 0.25) is 5.02 Å². The van der Waals surface area contributed by atoms with E-state index in [4.69, 9.17) is 17.3 Å². The molecule has 0 aromatic heterocycles. The van der Waals surface area contributed by atoms with Gasteiger partial charge >= 0.3 is 0 Å². The SMILES string of the molecule is CC1CC(CN)(c2ccc(F)cc2Cl)C1. The lowest BCUT2D eigenvalue weighted by molar-refractivity contribution is 0.165. The van der Waals surface area contributed by atoms with Crippen molar-refractivity contribution in [2.24, 2.45) is 11.7 Å². The highest BCUT2D eigenvalue weighted by Gasteiger charge is 2.43. The van der Waals surface area contributed by atoms with E-state index in [9.17, 15) is 4.39 Å². The third-order valence-electron chi connectivity index (χ3n) is 3.37. The van der Waals surface area contributed by atoms with Crippen molar-refractivity contribution < 1.29 is 4.39 Å². The monoisotopic (exact) mass is 227 g/mol. The normalized spacial score (nSPS) is 30.0. The van der Waals surface area contributed by atoms with E-state index < -0.39 is 0 Å². The van der Waals surface area contributed by atoms with E-state index in [-0.39, 0.29) is 11.2 Å². The number of rotatable bonds is 2. The van der Waals surface area contributed by atoms with Gasteiger partial charge in [-0.1, -0.05) is 24.6 Å². The van der Waals surface area contributed by atoms with Gasteiger partial charge in [-0.15, -0.1) is 0 Å². The molecule has 0 aliphatic heterocycles. The van der Waals surface area contributed by atoms with Gasteiger partial charge in [0.2, 0.25) is 0 Å². The highest BCUT2D eigenvalue weighted by Crippen LogP contribution is 2.48. The number of hydrogen-bond donors (Lipinski definition) is 1. The molecule has 1 aliphatic rings. The first kappa shape index (κ1) is 10.9. The third kappa shape index (κ3) is 1.77. The molecule has 0 heterocycles. The topological polar surface area (TPSA) is 26.0 Å². The summed E-state index contributed by atoms with van der Waals surface area (Å²) in [5.74, 6) is 0.401. The molecule has 1 aromatic carbocycles. The predicted molar refractivity (Wildman–Crippen MR) is 60.5 cm³/mol. The lowest BCUT2D eigenvalue weighted by Crippen LogP contribution is -2.46. The van der Waals surface area contributed by atoms with Gasteiger partial charge in [-0.2, -0.15) is 0 Å². The van der Waals surface area contributed by atoms with Gasteiger partial charge in [-0.25, -0.2) is 4.39 Å². The van der Waals surface area contributed by atoms with E-state index in [0.717, 1.165) is 18.4 Å². The van der Waals surface area contributed by atoms with Gasteiger partial charge in [0.15, 0.2) is 0 Å². The Kier molecular flexibility index (Phi) is 2.73. The summed E-state index contributed by atoms with van der Waals surface area (Å²) in [6.07, 6.45) is 2.10. The van der Waals surface area contributed by atoms with Crippen LogP contribution >= 0.6 is 11.6 Å². The Morgan fingerprint density at radius 2 is 2.20 bits per heavy atom. The fraction of sp³-hybridized carbons (Fsp3) is 0.500. The molecule has 15 heavy (non-hydrogen) atoms. The van der Waals surface area contributed by atoms with Crippen LogP contribution in [-0.4, -0.2) is 6.54 Å². The molecule has 0 unspecified atom stereocenters. The standard InChI is InChI=1S/C12H15ClFN/c1-8-5-12(6-8,7-15)10-3-2-9(14)4-11(10)13/h2-4,8H,5-7,15H2,1H3. The maximum Gasteiger partial charge on any atom is 0.124 e. The van der Waals surface area contributed by atoms with Crippen molar-refractivity contribution in [3.8, 4) is 0 Å². The summed E-state index contributed by atoms with van der Waals surface area (Å²) in [6.45, 7) is 2.79. The summed E-state index contributed by atoms with van der Waals surface area (Å²) in [6, 6.07) is 4.61. The van der Waals surface area contributed by atoms with Gasteiger partial charge in [0.1, 0.15) is 5.82 Å². The van der Waals surface area contributed by atoms with Crippen molar-refractivity contribution in [3.05, 3.63) is 34.6 Å². The Morgan fingerprint density at radius 3 is 2.67 bits per heavy atom. The van der Waals surface area contributed by atoms with Crippen molar-refractivity contribution in [1.29, 1.82) is 0 Å². The van der Waals surface area contributed by atoms with Crippen LogP contribution < -0.4 is 5.73 Å². The molecule has 2 N–H and O–H groups in total. The zero-order chi connectivity index (χ0) is 11.1. The zero-order valence-electron chi connectivity index (χ0n) is 8.76. The summed E-state index contributed by atoms with van der Waals surface area (Å²) >= 11 is 6.06. The summed E-state index contributed by atoms with van der Waals surface area (Å²) in [5.41, 5.74) is 6.81. The number of halogens is 2. The van der Waals surface area contributed by atoms with Crippen LogP contribution in [0.5, 0.6) is 0 Å². The maximum absolute atomic E-state index is 12.9. The van der Waals surface area contributed by atoms with Crippen molar-refractivity contribution in [2.75, 3.05) is 6.54 Å². The molecule has 0 atom stereocenters. The van der Waals surface area contributed by atoms with E-state index >= 15 is 0 Å². The van der Waals surface area contributed by atoms with Crippen LogP contribution in [0.3, 0.4) is 0 Å². The first-order chi connectivity index (χ1) is 7.07. The molecule has 3 heteroatoms. The molecule has 1 aromatic rings. The Balaban J connectivity index is 2.36. The van der Waals surface area contributed by atoms with Gasteiger partial charge in [-0.3, -0.25) is 0 Å². The average Bonchev–Trinajstić information content (AvgIpc) is 2.13. The highest BCUT2D eigenvalue weighted by atomic mass is 35.5. The molecule has 1 fully saturated rings. The third-order valence-corrected chi connectivity index (χ3v) is 3.68. The number of benzene rings is 1. The second-order valence-electron chi connectivity index (χ2n) is 4.62. The molecule has 82 valence electrons. The highest BCUT2D eigenvalue weighted by molar-refractivity contribution is 6.31. The maximum atomic E-state index is 12.9. The van der Waals surface area contributed by atoms with Crippen molar-refractivity contribution >= 4 is 11.6 Å². The molecule has 1 saturated carbocycles. The Morgan fingerprint density at radius 1 is 1.53 bits per heavy atom. The van der Waals surface area contributed by atoms with Gasteiger partial charge in [0.05, 0.1) is 0 Å². The van der Waals surface area contributed by atoms with Gasteiger partial charge in [0, 0.05) is 17.0 Å². The van der Waals surface area contributed by atoms with Crippen LogP contribution in [0.4, 0.5) is 4.39 Å². The van der Waals surface area contributed by atoms with Crippen LogP contribution in [-0.2, 0) is 5.41 Å². The zero-order valence-corrected chi connectivity index (χ0v) is 9.52. The Hall–Kier alpha value is -0.600. The van der Waals surface area contributed by atoms with E-state index in [2.05, 4.69) is 6.92 Å². The first-order valence-electron chi connectivity index (χ1n) is 5.23. The molecule has 0 amide bonds. The quantitative estimate of drug-likeness (QED) is 0.826. The molecule has 2 rings (SSSR count). The average molecular weight is 228 g/mol. The number of nitrogens with two attached hydrogens (primary N) is 1. The molecule has 0 saturated heterocycles. The van der Waals surface area contributed by atoms with Crippen LogP contribution in [0, 0.1) is 11.7 Å². The first-order valence-corrected chi connectivity index (χ1v) is 5.61. The molecular formula is C12H15ClFN. The predicted octanol–water partition coefficient (Wildman–Crippen LogP) is 3.11. The minimum Gasteiger partial charge on any atom is -0.330 e. The second-order valence-corrected chi connectivity index (χ2v) is 5.03. The van der Waals surface area contributed by atoms with Gasteiger partial charge in [0.25, 0.3) is 0 Å². The minimum atomic E-state index is -0.289. The lowest BCUT2D eigenvalue weighted by atomic mass is 9.59. The van der Waals surface area contributed by atoms with E-state index in [1.165, 1.54) is 12.1 Å². The minimum absolute atomic E-state index is 0.00972.